The van der Waals surface area contributed by atoms with E-state index in [0.29, 0.717) is 31.5 Å². The summed E-state index contributed by atoms with van der Waals surface area (Å²) in [5.41, 5.74) is 0.0561. The normalized spacial score (nSPS) is 29.4. The van der Waals surface area contributed by atoms with Crippen LogP contribution in [0.5, 0.6) is 0 Å². The molecular weight excluding hydrogens is 384 g/mol. The topological polar surface area (TPSA) is 118 Å². The maximum atomic E-state index is 10.3. The SMILES string of the molecule is CC1(C)CC(N=C=O)CC(C)(CN=C=O)C1.O=C=NCC1CCCC(CN=C=O)C1. The lowest BCUT2D eigenvalue weighted by molar-refractivity contribution is 0.0915. The molecule has 8 nitrogen and oxygen atoms in total. The molecule has 2 aliphatic carbocycles. The summed E-state index contributed by atoms with van der Waals surface area (Å²) in [5.74, 6) is 0.939. The van der Waals surface area contributed by atoms with E-state index in [1.807, 2.05) is 0 Å². The first-order valence-corrected chi connectivity index (χ1v) is 10.5. The summed E-state index contributed by atoms with van der Waals surface area (Å²) in [6.07, 6.45) is 13.4. The fourth-order valence-electron chi connectivity index (χ4n) is 5.15. The van der Waals surface area contributed by atoms with Crippen LogP contribution in [0.4, 0.5) is 0 Å². The molecule has 164 valence electrons. The molecule has 8 heteroatoms. The van der Waals surface area contributed by atoms with Crippen LogP contribution in [0.15, 0.2) is 20.0 Å². The van der Waals surface area contributed by atoms with Crippen LogP contribution in [0, 0.1) is 22.7 Å². The molecule has 0 aromatic carbocycles. The molecule has 4 atom stereocenters. The van der Waals surface area contributed by atoms with Gasteiger partial charge in [-0.3, -0.25) is 0 Å². The number of hydrogen-bond acceptors (Lipinski definition) is 8. The number of carbonyl (C=O) groups excluding carboxylic acids is 4. The van der Waals surface area contributed by atoms with E-state index < -0.39 is 0 Å². The van der Waals surface area contributed by atoms with Gasteiger partial charge in [0.25, 0.3) is 0 Å². The van der Waals surface area contributed by atoms with Gasteiger partial charge >= 0.3 is 0 Å². The van der Waals surface area contributed by atoms with Crippen LogP contribution in [0.3, 0.4) is 0 Å². The van der Waals surface area contributed by atoms with Gasteiger partial charge in [0, 0.05) is 0 Å². The minimum absolute atomic E-state index is 0.00750. The summed E-state index contributed by atoms with van der Waals surface area (Å²) >= 11 is 0. The molecule has 0 spiro atoms. The standard InChI is InChI=1S/C12H18N2O2.C10H14N2O2/c1-11(2)4-10(14-9-16)5-12(3,6-11)7-13-8-15;13-7-11-5-9-2-1-3-10(4-9)6-12-8-14/h10H,4-7H2,1-3H3;9-10H,1-6H2. The fraction of sp³-hybridized carbons (Fsp3) is 0.818. The van der Waals surface area contributed by atoms with Crippen molar-refractivity contribution in [3.63, 3.8) is 0 Å². The van der Waals surface area contributed by atoms with E-state index in [1.54, 1.807) is 24.3 Å². The number of rotatable bonds is 7. The van der Waals surface area contributed by atoms with E-state index in [0.717, 1.165) is 44.9 Å². The molecule has 0 aliphatic heterocycles. The van der Waals surface area contributed by atoms with Crippen LogP contribution >= 0.6 is 0 Å². The Morgan fingerprint density at radius 1 is 0.800 bits per heavy atom. The van der Waals surface area contributed by atoms with E-state index >= 15 is 0 Å². The summed E-state index contributed by atoms with van der Waals surface area (Å²) in [6.45, 7) is 8.01. The van der Waals surface area contributed by atoms with Crippen LogP contribution in [0.25, 0.3) is 0 Å². The molecule has 0 heterocycles. The molecule has 2 aliphatic rings. The van der Waals surface area contributed by atoms with Gasteiger partial charge in [0.15, 0.2) is 0 Å². The smallest absolute Gasteiger partial charge is 0.211 e. The van der Waals surface area contributed by atoms with Gasteiger partial charge in [-0.15, -0.1) is 0 Å². The predicted octanol–water partition coefficient (Wildman–Crippen LogP) is 3.71. The third-order valence-electron chi connectivity index (χ3n) is 5.90. The van der Waals surface area contributed by atoms with Crippen molar-refractivity contribution in [3.05, 3.63) is 0 Å². The second-order valence-corrected chi connectivity index (χ2v) is 9.60. The van der Waals surface area contributed by atoms with E-state index in [2.05, 4.69) is 40.7 Å². The van der Waals surface area contributed by atoms with Gasteiger partial charge in [-0.05, 0) is 61.2 Å². The molecular formula is C22H32N4O4. The zero-order valence-electron chi connectivity index (χ0n) is 18.2. The molecule has 0 amide bonds. The molecule has 0 radical (unpaired) electrons. The summed E-state index contributed by atoms with van der Waals surface area (Å²) < 4.78 is 0. The molecule has 2 fully saturated rings. The van der Waals surface area contributed by atoms with E-state index in [1.165, 1.54) is 0 Å². The highest BCUT2D eigenvalue weighted by atomic mass is 16.1. The molecule has 2 rings (SSSR count). The van der Waals surface area contributed by atoms with Crippen LogP contribution in [0.1, 0.15) is 65.7 Å². The van der Waals surface area contributed by atoms with Crippen LogP contribution in [-0.4, -0.2) is 50.0 Å². The van der Waals surface area contributed by atoms with Gasteiger partial charge < -0.3 is 0 Å². The van der Waals surface area contributed by atoms with Crippen LogP contribution in [0.2, 0.25) is 0 Å². The minimum Gasteiger partial charge on any atom is -0.211 e. The van der Waals surface area contributed by atoms with Crippen molar-refractivity contribution in [3.8, 4) is 0 Å². The van der Waals surface area contributed by atoms with Gasteiger partial charge in [-0.1, -0.05) is 27.2 Å². The highest BCUT2D eigenvalue weighted by Gasteiger charge is 2.41. The van der Waals surface area contributed by atoms with Gasteiger partial charge in [-0.2, -0.15) is 0 Å². The molecule has 0 saturated heterocycles. The number of isocyanates is 4. The molecule has 0 bridgehead atoms. The Morgan fingerprint density at radius 2 is 1.37 bits per heavy atom. The molecule has 0 N–H and O–H groups in total. The van der Waals surface area contributed by atoms with Gasteiger partial charge in [0.2, 0.25) is 24.3 Å². The predicted molar refractivity (Wildman–Crippen MR) is 112 cm³/mol. The Labute approximate surface area is 178 Å². The zero-order chi connectivity index (χ0) is 22.5. The minimum atomic E-state index is -0.0653. The van der Waals surface area contributed by atoms with Crippen molar-refractivity contribution in [2.75, 3.05) is 19.6 Å². The van der Waals surface area contributed by atoms with Crippen LogP contribution in [-0.2, 0) is 19.2 Å². The number of aliphatic imine (C=N–C) groups is 4. The van der Waals surface area contributed by atoms with Crippen molar-refractivity contribution in [1.29, 1.82) is 0 Å². The van der Waals surface area contributed by atoms with E-state index in [9.17, 15) is 19.2 Å². The van der Waals surface area contributed by atoms with Gasteiger partial charge in [0.05, 0.1) is 25.7 Å². The Morgan fingerprint density at radius 3 is 1.87 bits per heavy atom. The average Bonchev–Trinajstić information content (AvgIpc) is 2.69. The highest BCUT2D eigenvalue weighted by molar-refractivity contribution is 5.34. The second kappa shape index (κ2) is 13.0. The summed E-state index contributed by atoms with van der Waals surface area (Å²) in [6, 6.07) is 0.00750. The Hall–Kier alpha value is -2.48. The van der Waals surface area contributed by atoms with Crippen molar-refractivity contribution >= 4 is 24.3 Å². The number of nitrogens with zero attached hydrogens (tertiary/aromatic N) is 4. The first kappa shape index (κ1) is 25.6. The van der Waals surface area contributed by atoms with E-state index in [4.69, 9.17) is 0 Å². The average molecular weight is 417 g/mol. The third kappa shape index (κ3) is 9.82. The maximum absolute atomic E-state index is 10.3. The Bertz CT molecular complexity index is 716. The van der Waals surface area contributed by atoms with Crippen molar-refractivity contribution in [2.24, 2.45) is 42.6 Å². The zero-order valence-corrected chi connectivity index (χ0v) is 18.2. The molecule has 0 aromatic heterocycles. The lowest BCUT2D eigenvalue weighted by Gasteiger charge is -2.44. The van der Waals surface area contributed by atoms with E-state index in [-0.39, 0.29) is 16.9 Å². The highest BCUT2D eigenvalue weighted by Crippen LogP contribution is 2.47. The summed E-state index contributed by atoms with van der Waals surface area (Å²) in [5, 5.41) is 0. The van der Waals surface area contributed by atoms with Crippen molar-refractivity contribution in [1.82, 2.24) is 0 Å². The van der Waals surface area contributed by atoms with Crippen molar-refractivity contribution < 1.29 is 19.2 Å². The maximum Gasteiger partial charge on any atom is 0.235 e. The quantitative estimate of drug-likeness (QED) is 0.464. The second-order valence-electron chi connectivity index (χ2n) is 9.60. The largest absolute Gasteiger partial charge is 0.235 e. The van der Waals surface area contributed by atoms with Crippen molar-refractivity contribution in [2.45, 2.75) is 71.8 Å². The fourth-order valence-corrected chi connectivity index (χ4v) is 5.15. The summed E-state index contributed by atoms with van der Waals surface area (Å²) in [4.78, 5) is 55.1. The molecule has 4 unspecified atom stereocenters. The molecule has 2 saturated carbocycles. The Balaban J connectivity index is 0.000000303. The van der Waals surface area contributed by atoms with Gasteiger partial charge in [-0.25, -0.2) is 39.1 Å². The third-order valence-corrected chi connectivity index (χ3v) is 5.90. The van der Waals surface area contributed by atoms with Gasteiger partial charge in [0.1, 0.15) is 0 Å². The first-order chi connectivity index (χ1) is 14.3. The lowest BCUT2D eigenvalue weighted by atomic mass is 9.63. The van der Waals surface area contributed by atoms with Crippen LogP contribution < -0.4 is 0 Å². The lowest BCUT2D eigenvalue weighted by Crippen LogP contribution is -2.39. The Kier molecular flexibility index (Phi) is 11.0. The first-order valence-electron chi connectivity index (χ1n) is 10.5. The summed E-state index contributed by atoms with van der Waals surface area (Å²) in [7, 11) is 0. The molecule has 0 aromatic rings. The number of hydrogen-bond donors (Lipinski definition) is 0. The monoisotopic (exact) mass is 416 g/mol. The molecule has 30 heavy (non-hydrogen) atoms.